The fraction of sp³-hybridized carbons (Fsp3) is 0.452. The third-order valence-electron chi connectivity index (χ3n) is 9.41. The number of rotatable bonds is 7. The number of carbonyl (C=O) groups is 2. The van der Waals surface area contributed by atoms with Crippen molar-refractivity contribution in [2.45, 2.75) is 49.7 Å². The minimum absolute atomic E-state index is 0.00338. The lowest BCUT2D eigenvalue weighted by Crippen LogP contribution is -2.53. The number of amides is 1. The van der Waals surface area contributed by atoms with E-state index in [0.717, 1.165) is 43.5 Å². The number of likely N-dealkylation sites (tertiary alicyclic amines) is 2. The van der Waals surface area contributed by atoms with E-state index < -0.39 is 17.3 Å². The molecule has 10 heteroatoms. The summed E-state index contributed by atoms with van der Waals surface area (Å²) in [5, 5.41) is 3.67. The fourth-order valence-corrected chi connectivity index (χ4v) is 7.97. The van der Waals surface area contributed by atoms with Gasteiger partial charge in [-0.25, -0.2) is 9.18 Å². The Kier molecular flexibility index (Phi) is 6.73. The first kappa shape index (κ1) is 27.1. The number of carbonyl (C=O) groups excluding carboxylic acids is 2. The van der Waals surface area contributed by atoms with Crippen molar-refractivity contribution in [3.05, 3.63) is 74.5 Å². The molecule has 0 unspecified atom stereocenters. The van der Waals surface area contributed by atoms with Gasteiger partial charge in [-0.15, -0.1) is 0 Å². The lowest BCUT2D eigenvalue weighted by molar-refractivity contribution is -0.138. The zero-order chi connectivity index (χ0) is 28.5. The van der Waals surface area contributed by atoms with Crippen LogP contribution in [0, 0.1) is 11.7 Å². The third kappa shape index (κ3) is 4.17. The number of esters is 1. The van der Waals surface area contributed by atoms with Crippen molar-refractivity contribution in [2.24, 2.45) is 10.9 Å². The van der Waals surface area contributed by atoms with Crippen molar-refractivity contribution in [2.75, 3.05) is 38.1 Å². The number of benzene rings is 2. The maximum atomic E-state index is 16.1. The molecule has 41 heavy (non-hydrogen) atoms. The SMILES string of the molecule is CCOC(=O)C1=C(CN2CC[C@H]3[C@@H]2[C@H](c2cccc(Cl)c2F)[C@]2(C(=O)Nc4cc(Cl)ccc42)N3CC2CC2)C=NC1. The lowest BCUT2D eigenvalue weighted by atomic mass is 9.73. The maximum Gasteiger partial charge on any atom is 0.336 e. The van der Waals surface area contributed by atoms with Gasteiger partial charge >= 0.3 is 5.97 Å². The van der Waals surface area contributed by atoms with Gasteiger partial charge < -0.3 is 10.1 Å². The molecule has 1 amide bonds. The molecule has 2 aromatic carbocycles. The number of nitrogens with one attached hydrogen (secondary N) is 1. The first-order valence-corrected chi connectivity index (χ1v) is 15.0. The molecule has 7 nitrogen and oxygen atoms in total. The van der Waals surface area contributed by atoms with Crippen LogP contribution in [0.5, 0.6) is 0 Å². The predicted molar refractivity (Wildman–Crippen MR) is 156 cm³/mol. The topological polar surface area (TPSA) is 74.2 Å². The van der Waals surface area contributed by atoms with Gasteiger partial charge in [-0.1, -0.05) is 41.4 Å². The molecule has 4 atom stereocenters. The smallest absolute Gasteiger partial charge is 0.336 e. The summed E-state index contributed by atoms with van der Waals surface area (Å²) in [6, 6.07) is 10.4. The van der Waals surface area contributed by atoms with Crippen molar-refractivity contribution in [1.82, 2.24) is 9.80 Å². The van der Waals surface area contributed by atoms with Crippen LogP contribution in [0.1, 0.15) is 43.2 Å². The monoisotopic (exact) mass is 596 g/mol. The molecule has 214 valence electrons. The molecule has 1 saturated carbocycles. The Balaban J connectivity index is 1.40. The number of aliphatic imine (C=N–C) groups is 1. The van der Waals surface area contributed by atoms with E-state index in [1.807, 2.05) is 6.07 Å². The number of anilines is 1. The van der Waals surface area contributed by atoms with Crippen molar-refractivity contribution >= 4 is 47.0 Å². The zero-order valence-electron chi connectivity index (χ0n) is 22.7. The molecule has 0 aromatic heterocycles. The molecule has 2 aromatic rings. The Morgan fingerprint density at radius 3 is 2.83 bits per heavy atom. The van der Waals surface area contributed by atoms with Crippen LogP contribution >= 0.6 is 23.2 Å². The number of hydrogen-bond acceptors (Lipinski definition) is 6. The summed E-state index contributed by atoms with van der Waals surface area (Å²) in [5.74, 6) is -1.08. The van der Waals surface area contributed by atoms with Crippen LogP contribution in [-0.4, -0.2) is 72.8 Å². The van der Waals surface area contributed by atoms with Crippen LogP contribution in [-0.2, 0) is 19.9 Å². The number of hydrogen-bond donors (Lipinski definition) is 1. The van der Waals surface area contributed by atoms with Gasteiger partial charge in [-0.2, -0.15) is 0 Å². The molecule has 5 aliphatic rings. The van der Waals surface area contributed by atoms with E-state index in [1.165, 1.54) is 0 Å². The van der Waals surface area contributed by atoms with E-state index in [0.29, 0.717) is 34.3 Å². The number of halogens is 3. The Hall–Kier alpha value is -2.78. The minimum atomic E-state index is -1.13. The summed E-state index contributed by atoms with van der Waals surface area (Å²) < 4.78 is 21.4. The standard InChI is InChI=1S/C31H31Cl2FN4O3/c1-2-41-29(39)21-14-35-13-18(21)16-37-11-10-25-28(37)26(20-4-3-5-23(33)27(20)34)31(38(25)15-17-6-7-17)22-9-8-19(32)12-24(22)36-30(31)40/h3-5,8-9,12-13,17,25-26,28H,2,6-7,10-11,14-16H2,1H3,(H,36,40)/t25-,26-,28+,31+/m0/s1. The van der Waals surface area contributed by atoms with Crippen molar-refractivity contribution in [3.8, 4) is 0 Å². The highest BCUT2D eigenvalue weighted by molar-refractivity contribution is 6.31. The summed E-state index contributed by atoms with van der Waals surface area (Å²) in [5.41, 5.74) is 2.14. The van der Waals surface area contributed by atoms with Gasteiger partial charge in [0.2, 0.25) is 5.91 Å². The Morgan fingerprint density at radius 1 is 1.22 bits per heavy atom. The van der Waals surface area contributed by atoms with Gasteiger partial charge in [0.1, 0.15) is 11.4 Å². The first-order chi connectivity index (χ1) is 19.8. The van der Waals surface area contributed by atoms with E-state index >= 15 is 4.39 Å². The van der Waals surface area contributed by atoms with E-state index in [2.05, 4.69) is 20.1 Å². The molecular formula is C31H31Cl2FN4O3. The number of fused-ring (bicyclic) bond motifs is 3. The molecule has 1 spiro atoms. The van der Waals surface area contributed by atoms with Gasteiger partial charge in [0.25, 0.3) is 0 Å². The first-order valence-electron chi connectivity index (χ1n) is 14.3. The highest BCUT2D eigenvalue weighted by Gasteiger charge is 2.69. The van der Waals surface area contributed by atoms with Crippen molar-refractivity contribution < 1.29 is 18.7 Å². The molecule has 2 saturated heterocycles. The second-order valence-corrected chi connectivity index (χ2v) is 12.5. The van der Waals surface area contributed by atoms with Gasteiger partial charge in [-0.3, -0.25) is 19.6 Å². The summed E-state index contributed by atoms with van der Waals surface area (Å²) in [4.78, 5) is 36.1. The van der Waals surface area contributed by atoms with Crippen LogP contribution in [0.4, 0.5) is 10.1 Å². The van der Waals surface area contributed by atoms with E-state index in [1.54, 1.807) is 43.5 Å². The average molecular weight is 598 g/mol. The average Bonchev–Trinajstić information content (AvgIpc) is 3.25. The normalized spacial score (nSPS) is 29.0. The van der Waals surface area contributed by atoms with Crippen LogP contribution in [0.25, 0.3) is 0 Å². The summed E-state index contributed by atoms with van der Waals surface area (Å²) in [6.45, 7) is 4.32. The number of nitrogens with zero attached hydrogens (tertiary/aromatic N) is 3. The quantitative estimate of drug-likeness (QED) is 0.446. The third-order valence-corrected chi connectivity index (χ3v) is 9.93. The zero-order valence-corrected chi connectivity index (χ0v) is 24.2. The van der Waals surface area contributed by atoms with Crippen molar-refractivity contribution in [1.29, 1.82) is 0 Å². The van der Waals surface area contributed by atoms with Gasteiger partial charge in [0.05, 0.1) is 23.7 Å². The Labute approximate surface area is 248 Å². The van der Waals surface area contributed by atoms with E-state index in [9.17, 15) is 9.59 Å². The Bertz CT molecular complexity index is 1510. The Morgan fingerprint density at radius 2 is 2.05 bits per heavy atom. The second-order valence-electron chi connectivity index (χ2n) is 11.6. The molecule has 7 rings (SSSR count). The molecule has 4 aliphatic heterocycles. The summed E-state index contributed by atoms with van der Waals surface area (Å²) in [7, 11) is 0. The van der Waals surface area contributed by atoms with E-state index in [4.69, 9.17) is 27.9 Å². The van der Waals surface area contributed by atoms with Crippen LogP contribution < -0.4 is 5.32 Å². The van der Waals surface area contributed by atoms with Crippen LogP contribution in [0.2, 0.25) is 10.0 Å². The van der Waals surface area contributed by atoms with Gasteiger partial charge in [0, 0.05) is 60.1 Å². The molecule has 1 aliphatic carbocycles. The molecule has 4 heterocycles. The molecule has 0 radical (unpaired) electrons. The molecule has 3 fully saturated rings. The van der Waals surface area contributed by atoms with Crippen LogP contribution in [0.15, 0.2) is 52.5 Å². The molecule has 0 bridgehead atoms. The predicted octanol–water partition coefficient (Wildman–Crippen LogP) is 5.18. The fourth-order valence-electron chi connectivity index (χ4n) is 7.62. The highest BCUT2D eigenvalue weighted by atomic mass is 35.5. The van der Waals surface area contributed by atoms with Crippen molar-refractivity contribution in [3.63, 3.8) is 0 Å². The highest BCUT2D eigenvalue weighted by Crippen LogP contribution is 2.61. The molecular weight excluding hydrogens is 566 g/mol. The van der Waals surface area contributed by atoms with Gasteiger partial charge in [-0.05, 0) is 61.4 Å². The largest absolute Gasteiger partial charge is 0.463 e. The van der Waals surface area contributed by atoms with E-state index in [-0.39, 0.29) is 42.1 Å². The molecule has 1 N–H and O–H groups in total. The summed E-state index contributed by atoms with van der Waals surface area (Å²) in [6.07, 6.45) is 4.80. The minimum Gasteiger partial charge on any atom is -0.463 e. The number of ether oxygens (including phenoxy) is 1. The van der Waals surface area contributed by atoms with Gasteiger partial charge in [0.15, 0.2) is 0 Å². The van der Waals surface area contributed by atoms with Crippen LogP contribution in [0.3, 0.4) is 0 Å². The maximum absolute atomic E-state index is 16.1. The lowest BCUT2D eigenvalue weighted by Gasteiger charge is -2.41. The summed E-state index contributed by atoms with van der Waals surface area (Å²) >= 11 is 12.7. The second kappa shape index (κ2) is 10.2.